The first kappa shape index (κ1) is 11.7. The Bertz CT molecular complexity index is 319. The topological polar surface area (TPSA) is 33.2 Å². The Hall–Kier alpha value is -1.38. The second-order valence-corrected chi connectivity index (χ2v) is 4.16. The molecule has 0 aliphatic rings. The van der Waals surface area contributed by atoms with E-state index < -0.39 is 0 Å². The van der Waals surface area contributed by atoms with Crippen LogP contribution in [0.1, 0.15) is 31.1 Å². The summed E-state index contributed by atoms with van der Waals surface area (Å²) >= 11 is 0. The van der Waals surface area contributed by atoms with Gasteiger partial charge in [0.25, 0.3) is 0 Å². The average molecular weight is 206 g/mol. The molecule has 3 heteroatoms. The summed E-state index contributed by atoms with van der Waals surface area (Å²) in [7, 11) is 2.02. The van der Waals surface area contributed by atoms with Crippen molar-refractivity contribution >= 4 is 12.1 Å². The van der Waals surface area contributed by atoms with E-state index in [1.165, 1.54) is 0 Å². The minimum Gasteiger partial charge on any atom is -0.357 e. The van der Waals surface area contributed by atoms with E-state index in [0.717, 1.165) is 12.1 Å². The summed E-state index contributed by atoms with van der Waals surface area (Å²) in [4.78, 5) is 16.8. The average Bonchev–Trinajstić information content (AvgIpc) is 2.27. The van der Waals surface area contributed by atoms with Gasteiger partial charge in [-0.15, -0.1) is 0 Å². The monoisotopic (exact) mass is 206 g/mol. The van der Waals surface area contributed by atoms with Crippen molar-refractivity contribution in [3.8, 4) is 0 Å². The Morgan fingerprint density at radius 2 is 2.00 bits per heavy atom. The molecule has 0 radical (unpaired) electrons. The summed E-state index contributed by atoms with van der Waals surface area (Å²) in [5, 5.41) is 0. The molecule has 0 N–H and O–H groups in total. The molecule has 15 heavy (non-hydrogen) atoms. The van der Waals surface area contributed by atoms with E-state index in [1.807, 2.05) is 13.1 Å². The highest BCUT2D eigenvalue weighted by Gasteiger charge is 2.14. The van der Waals surface area contributed by atoms with E-state index in [-0.39, 0.29) is 0 Å². The summed E-state index contributed by atoms with van der Waals surface area (Å²) in [6, 6.07) is 4.10. The molecular weight excluding hydrogens is 188 g/mol. The highest BCUT2D eigenvalue weighted by atomic mass is 16.1. The van der Waals surface area contributed by atoms with Crippen LogP contribution in [0.2, 0.25) is 0 Å². The van der Waals surface area contributed by atoms with Crippen LogP contribution in [0, 0.1) is 5.92 Å². The Labute approximate surface area is 91.1 Å². The number of pyridine rings is 1. The quantitative estimate of drug-likeness (QED) is 0.709. The standard InChI is InChI=1S/C12H18N2O/c1-9(2)10(3)14(4)12-6-5-11(8-15)7-13-12/h5-10H,1-4H3. The van der Waals surface area contributed by atoms with Crippen LogP contribution in [-0.2, 0) is 0 Å². The van der Waals surface area contributed by atoms with Crippen molar-refractivity contribution in [2.75, 3.05) is 11.9 Å². The van der Waals surface area contributed by atoms with Gasteiger partial charge in [0, 0.05) is 24.8 Å². The molecule has 0 aliphatic carbocycles. The Kier molecular flexibility index (Phi) is 3.83. The summed E-state index contributed by atoms with van der Waals surface area (Å²) < 4.78 is 0. The summed E-state index contributed by atoms with van der Waals surface area (Å²) in [5.41, 5.74) is 0.615. The zero-order valence-corrected chi connectivity index (χ0v) is 9.77. The molecule has 0 aromatic carbocycles. The third-order valence-electron chi connectivity index (χ3n) is 2.84. The molecule has 0 spiro atoms. The number of carbonyl (C=O) groups is 1. The molecule has 0 saturated carbocycles. The minimum absolute atomic E-state index is 0.430. The second kappa shape index (κ2) is 4.91. The zero-order valence-electron chi connectivity index (χ0n) is 9.77. The number of aromatic nitrogens is 1. The second-order valence-electron chi connectivity index (χ2n) is 4.16. The van der Waals surface area contributed by atoms with Gasteiger partial charge in [0.2, 0.25) is 0 Å². The molecule has 1 unspecified atom stereocenters. The maximum absolute atomic E-state index is 10.5. The molecule has 0 saturated heterocycles. The van der Waals surface area contributed by atoms with Gasteiger partial charge in [0.1, 0.15) is 5.82 Å². The fourth-order valence-electron chi connectivity index (χ4n) is 1.33. The summed E-state index contributed by atoms with van der Waals surface area (Å²) in [6.07, 6.45) is 2.41. The number of carbonyl (C=O) groups excluding carboxylic acids is 1. The highest BCUT2D eigenvalue weighted by Crippen LogP contribution is 2.16. The number of aldehydes is 1. The van der Waals surface area contributed by atoms with Crippen LogP contribution in [0.5, 0.6) is 0 Å². The van der Waals surface area contributed by atoms with Gasteiger partial charge < -0.3 is 4.90 Å². The van der Waals surface area contributed by atoms with E-state index in [9.17, 15) is 4.79 Å². The van der Waals surface area contributed by atoms with Gasteiger partial charge in [-0.3, -0.25) is 4.79 Å². The minimum atomic E-state index is 0.430. The van der Waals surface area contributed by atoms with Crippen molar-refractivity contribution in [2.24, 2.45) is 5.92 Å². The largest absolute Gasteiger partial charge is 0.357 e. The van der Waals surface area contributed by atoms with Gasteiger partial charge >= 0.3 is 0 Å². The van der Waals surface area contributed by atoms with E-state index in [0.29, 0.717) is 17.5 Å². The van der Waals surface area contributed by atoms with Crippen LogP contribution in [0.15, 0.2) is 18.3 Å². The lowest BCUT2D eigenvalue weighted by molar-refractivity contribution is 0.112. The van der Waals surface area contributed by atoms with E-state index in [4.69, 9.17) is 0 Å². The molecule has 0 aliphatic heterocycles. The van der Waals surface area contributed by atoms with Crippen LogP contribution < -0.4 is 4.90 Å². The molecular formula is C12H18N2O. The first-order valence-electron chi connectivity index (χ1n) is 5.20. The van der Waals surface area contributed by atoms with Gasteiger partial charge in [0.15, 0.2) is 6.29 Å². The third-order valence-corrected chi connectivity index (χ3v) is 2.84. The number of hydrogen-bond donors (Lipinski definition) is 0. The number of anilines is 1. The van der Waals surface area contributed by atoms with Crippen LogP contribution >= 0.6 is 0 Å². The zero-order chi connectivity index (χ0) is 11.4. The van der Waals surface area contributed by atoms with E-state index in [2.05, 4.69) is 30.7 Å². The van der Waals surface area contributed by atoms with Crippen LogP contribution in [0.4, 0.5) is 5.82 Å². The highest BCUT2D eigenvalue weighted by molar-refractivity contribution is 5.74. The van der Waals surface area contributed by atoms with E-state index in [1.54, 1.807) is 12.3 Å². The van der Waals surface area contributed by atoms with Crippen molar-refractivity contribution in [2.45, 2.75) is 26.8 Å². The molecule has 1 rings (SSSR count). The Balaban J connectivity index is 2.82. The van der Waals surface area contributed by atoms with E-state index >= 15 is 0 Å². The van der Waals surface area contributed by atoms with Crippen molar-refractivity contribution in [3.05, 3.63) is 23.9 Å². The normalized spacial score (nSPS) is 12.6. The fraction of sp³-hybridized carbons (Fsp3) is 0.500. The van der Waals surface area contributed by atoms with Crippen molar-refractivity contribution in [1.29, 1.82) is 0 Å². The lowest BCUT2D eigenvalue weighted by Gasteiger charge is -2.28. The van der Waals surface area contributed by atoms with Gasteiger partial charge in [-0.25, -0.2) is 4.98 Å². The molecule has 1 atom stereocenters. The van der Waals surface area contributed by atoms with Crippen molar-refractivity contribution in [3.63, 3.8) is 0 Å². The predicted octanol–water partition coefficient (Wildman–Crippen LogP) is 2.37. The summed E-state index contributed by atoms with van der Waals surface area (Å²) in [6.45, 7) is 6.53. The lowest BCUT2D eigenvalue weighted by atomic mass is 10.1. The molecule has 0 amide bonds. The molecule has 82 valence electrons. The Morgan fingerprint density at radius 1 is 1.33 bits per heavy atom. The molecule has 1 aromatic rings. The fourth-order valence-corrected chi connectivity index (χ4v) is 1.33. The molecule has 0 bridgehead atoms. The maximum Gasteiger partial charge on any atom is 0.151 e. The Morgan fingerprint density at radius 3 is 2.40 bits per heavy atom. The van der Waals surface area contributed by atoms with Crippen LogP contribution in [0.3, 0.4) is 0 Å². The molecule has 1 heterocycles. The van der Waals surface area contributed by atoms with Crippen molar-refractivity contribution < 1.29 is 4.79 Å². The predicted molar refractivity (Wildman–Crippen MR) is 62.3 cm³/mol. The van der Waals surface area contributed by atoms with Gasteiger partial charge in [-0.05, 0) is 25.0 Å². The first-order valence-corrected chi connectivity index (χ1v) is 5.20. The van der Waals surface area contributed by atoms with Gasteiger partial charge in [0.05, 0.1) is 0 Å². The van der Waals surface area contributed by atoms with Gasteiger partial charge in [-0.1, -0.05) is 13.8 Å². The SMILES string of the molecule is CC(C)C(C)N(C)c1ccc(C=O)cn1. The van der Waals surface area contributed by atoms with Gasteiger partial charge in [-0.2, -0.15) is 0 Å². The van der Waals surface area contributed by atoms with Crippen molar-refractivity contribution in [1.82, 2.24) is 4.98 Å². The number of rotatable bonds is 4. The lowest BCUT2D eigenvalue weighted by Crippen LogP contribution is -2.33. The molecule has 1 aromatic heterocycles. The smallest absolute Gasteiger partial charge is 0.151 e. The first-order chi connectivity index (χ1) is 7.06. The molecule has 0 fully saturated rings. The van der Waals surface area contributed by atoms with Crippen LogP contribution in [-0.4, -0.2) is 24.4 Å². The summed E-state index contributed by atoms with van der Waals surface area (Å²) in [5.74, 6) is 1.48. The van der Waals surface area contributed by atoms with Crippen LogP contribution in [0.25, 0.3) is 0 Å². The third kappa shape index (κ3) is 2.78. The number of nitrogens with zero attached hydrogens (tertiary/aromatic N) is 2. The maximum atomic E-state index is 10.5. The molecule has 3 nitrogen and oxygen atoms in total. The number of hydrogen-bond acceptors (Lipinski definition) is 3.